The summed E-state index contributed by atoms with van der Waals surface area (Å²) in [5.41, 5.74) is 4.09. The molecule has 0 atom stereocenters. The molecule has 0 spiro atoms. The highest BCUT2D eigenvalue weighted by Gasteiger charge is 2.18. The predicted octanol–water partition coefficient (Wildman–Crippen LogP) is 5.22. The molecule has 2 heterocycles. The van der Waals surface area contributed by atoms with Crippen molar-refractivity contribution in [2.45, 2.75) is 10.6 Å². The van der Waals surface area contributed by atoms with E-state index in [4.69, 9.17) is 9.47 Å². The van der Waals surface area contributed by atoms with Gasteiger partial charge in [-0.25, -0.2) is 4.98 Å². The molecule has 5 nitrogen and oxygen atoms in total. The van der Waals surface area contributed by atoms with E-state index in [1.807, 2.05) is 41.2 Å². The third kappa shape index (κ3) is 4.28. The molecule has 2 aromatic carbocycles. The van der Waals surface area contributed by atoms with E-state index in [1.54, 1.807) is 29.2 Å². The van der Waals surface area contributed by atoms with Crippen LogP contribution in [0.1, 0.15) is 16.1 Å². The number of amides is 1. The van der Waals surface area contributed by atoms with Crippen molar-refractivity contribution >= 4 is 50.6 Å². The van der Waals surface area contributed by atoms with E-state index in [9.17, 15) is 4.79 Å². The highest BCUT2D eigenvalue weighted by molar-refractivity contribution is 9.10. The molecule has 138 valence electrons. The van der Waals surface area contributed by atoms with Gasteiger partial charge in [-0.2, -0.15) is 0 Å². The van der Waals surface area contributed by atoms with Crippen LogP contribution in [0, 0.1) is 0 Å². The molecular weight excluding hydrogens is 448 g/mol. The van der Waals surface area contributed by atoms with Crippen LogP contribution in [0.2, 0.25) is 0 Å². The molecule has 3 aromatic rings. The van der Waals surface area contributed by atoms with Crippen LogP contribution >= 0.6 is 39.0 Å². The van der Waals surface area contributed by atoms with Crippen LogP contribution in [0.25, 0.3) is 0 Å². The Morgan fingerprint density at radius 1 is 1.22 bits per heavy atom. The molecule has 0 radical (unpaired) electrons. The van der Waals surface area contributed by atoms with Crippen LogP contribution in [0.5, 0.6) is 11.5 Å². The molecule has 0 bridgehead atoms. The SMILES string of the molecule is O=C(Nc1cc2c(cc1Br)OCCO2)c1ccccc1SCc1cscn1. The summed E-state index contributed by atoms with van der Waals surface area (Å²) in [5.74, 6) is 1.85. The molecule has 1 aromatic heterocycles. The fraction of sp³-hybridized carbons (Fsp3) is 0.158. The average molecular weight is 463 g/mol. The normalized spacial score (nSPS) is 12.6. The van der Waals surface area contributed by atoms with E-state index in [-0.39, 0.29) is 5.91 Å². The minimum absolute atomic E-state index is 0.172. The Labute approximate surface area is 173 Å². The zero-order valence-electron chi connectivity index (χ0n) is 14.1. The number of aromatic nitrogens is 1. The van der Waals surface area contributed by atoms with E-state index in [2.05, 4.69) is 26.2 Å². The second-order valence-corrected chi connectivity index (χ2v) is 8.28. The van der Waals surface area contributed by atoms with Gasteiger partial charge in [0.25, 0.3) is 5.91 Å². The van der Waals surface area contributed by atoms with E-state index in [1.165, 1.54) is 0 Å². The first-order valence-electron chi connectivity index (χ1n) is 8.20. The third-order valence-electron chi connectivity index (χ3n) is 3.87. The predicted molar refractivity (Wildman–Crippen MR) is 111 cm³/mol. The molecule has 0 saturated carbocycles. The Balaban J connectivity index is 1.53. The van der Waals surface area contributed by atoms with Crippen molar-refractivity contribution < 1.29 is 14.3 Å². The topological polar surface area (TPSA) is 60.5 Å². The van der Waals surface area contributed by atoms with Crippen molar-refractivity contribution in [3.63, 3.8) is 0 Å². The number of fused-ring (bicyclic) bond motifs is 1. The number of thiazole rings is 1. The standard InChI is InChI=1S/C19H15BrN2O3S2/c20-14-7-16-17(25-6-5-24-16)8-15(14)22-19(23)13-3-1-2-4-18(13)27-10-12-9-26-11-21-12/h1-4,7-9,11H,5-6,10H2,(H,22,23). The summed E-state index contributed by atoms with van der Waals surface area (Å²) in [6.07, 6.45) is 0. The Morgan fingerprint density at radius 3 is 2.78 bits per heavy atom. The quantitative estimate of drug-likeness (QED) is 0.526. The van der Waals surface area contributed by atoms with E-state index in [0.29, 0.717) is 36.0 Å². The van der Waals surface area contributed by atoms with Gasteiger partial charge in [-0.1, -0.05) is 12.1 Å². The van der Waals surface area contributed by atoms with Crippen molar-refractivity contribution in [3.8, 4) is 11.5 Å². The molecule has 0 saturated heterocycles. The summed E-state index contributed by atoms with van der Waals surface area (Å²) in [6, 6.07) is 11.2. The van der Waals surface area contributed by atoms with Crippen molar-refractivity contribution in [2.24, 2.45) is 0 Å². The van der Waals surface area contributed by atoms with Gasteiger partial charge in [-0.15, -0.1) is 23.1 Å². The first kappa shape index (κ1) is 18.3. The van der Waals surface area contributed by atoms with Gasteiger partial charge in [0, 0.05) is 32.6 Å². The molecule has 0 aliphatic carbocycles. The maximum atomic E-state index is 12.9. The summed E-state index contributed by atoms with van der Waals surface area (Å²) < 4.78 is 11.9. The van der Waals surface area contributed by atoms with Gasteiger partial charge < -0.3 is 14.8 Å². The van der Waals surface area contributed by atoms with Crippen molar-refractivity contribution in [1.29, 1.82) is 0 Å². The third-order valence-corrected chi connectivity index (χ3v) is 6.27. The maximum Gasteiger partial charge on any atom is 0.256 e. The van der Waals surface area contributed by atoms with Crippen molar-refractivity contribution in [1.82, 2.24) is 4.98 Å². The van der Waals surface area contributed by atoms with Crippen LogP contribution < -0.4 is 14.8 Å². The van der Waals surface area contributed by atoms with Crippen LogP contribution in [0.15, 0.2) is 56.7 Å². The highest BCUT2D eigenvalue weighted by atomic mass is 79.9. The lowest BCUT2D eigenvalue weighted by Crippen LogP contribution is -2.17. The Morgan fingerprint density at radius 2 is 2.00 bits per heavy atom. The van der Waals surface area contributed by atoms with Crippen LogP contribution in [0.3, 0.4) is 0 Å². The van der Waals surface area contributed by atoms with Gasteiger partial charge in [0.2, 0.25) is 0 Å². The zero-order chi connectivity index (χ0) is 18.6. The summed E-state index contributed by atoms with van der Waals surface area (Å²) in [5, 5.41) is 4.98. The highest BCUT2D eigenvalue weighted by Crippen LogP contribution is 2.38. The van der Waals surface area contributed by atoms with E-state index >= 15 is 0 Å². The Kier molecular flexibility index (Phi) is 5.66. The Hall–Kier alpha value is -2.03. The maximum absolute atomic E-state index is 12.9. The summed E-state index contributed by atoms with van der Waals surface area (Å²) in [6.45, 7) is 1.02. The van der Waals surface area contributed by atoms with E-state index < -0.39 is 0 Å². The molecule has 8 heteroatoms. The minimum atomic E-state index is -0.172. The number of hydrogen-bond acceptors (Lipinski definition) is 6. The number of ether oxygens (including phenoxy) is 2. The van der Waals surface area contributed by atoms with Gasteiger partial charge in [0.1, 0.15) is 13.2 Å². The van der Waals surface area contributed by atoms with Gasteiger partial charge in [0.05, 0.1) is 22.5 Å². The average Bonchev–Trinajstić information content (AvgIpc) is 3.21. The van der Waals surface area contributed by atoms with Gasteiger partial charge in [0.15, 0.2) is 11.5 Å². The van der Waals surface area contributed by atoms with Crippen LogP contribution in [-0.2, 0) is 5.75 Å². The fourth-order valence-electron chi connectivity index (χ4n) is 2.59. The molecule has 27 heavy (non-hydrogen) atoms. The van der Waals surface area contributed by atoms with Gasteiger partial charge in [-0.3, -0.25) is 4.79 Å². The number of rotatable bonds is 5. The fourth-order valence-corrected chi connectivity index (χ4v) is 4.63. The summed E-state index contributed by atoms with van der Waals surface area (Å²) in [4.78, 5) is 18.1. The van der Waals surface area contributed by atoms with Gasteiger partial charge in [-0.05, 0) is 28.1 Å². The zero-order valence-corrected chi connectivity index (χ0v) is 17.3. The van der Waals surface area contributed by atoms with Crippen molar-refractivity contribution in [3.05, 3.63) is 63.0 Å². The molecular formula is C19H15BrN2O3S2. The Bertz CT molecular complexity index is 964. The van der Waals surface area contributed by atoms with E-state index in [0.717, 1.165) is 20.8 Å². The first-order chi connectivity index (χ1) is 13.2. The molecule has 1 aliphatic rings. The number of nitrogens with zero attached hydrogens (tertiary/aromatic N) is 1. The lowest BCUT2D eigenvalue weighted by Gasteiger charge is -2.20. The second kappa shape index (κ2) is 8.33. The van der Waals surface area contributed by atoms with Crippen LogP contribution in [-0.4, -0.2) is 24.1 Å². The number of halogens is 1. The lowest BCUT2D eigenvalue weighted by molar-refractivity contribution is 0.102. The molecule has 0 fully saturated rings. The number of benzene rings is 2. The number of nitrogens with one attached hydrogen (secondary N) is 1. The van der Waals surface area contributed by atoms with Gasteiger partial charge >= 0.3 is 0 Å². The number of carbonyl (C=O) groups excluding carboxylic acids is 1. The van der Waals surface area contributed by atoms with Crippen molar-refractivity contribution in [2.75, 3.05) is 18.5 Å². The number of hydrogen-bond donors (Lipinski definition) is 1. The molecule has 1 aliphatic heterocycles. The first-order valence-corrected chi connectivity index (χ1v) is 10.9. The minimum Gasteiger partial charge on any atom is -0.486 e. The molecule has 1 N–H and O–H groups in total. The molecule has 4 rings (SSSR count). The second-order valence-electron chi connectivity index (χ2n) is 5.69. The lowest BCUT2D eigenvalue weighted by atomic mass is 10.2. The number of anilines is 1. The summed E-state index contributed by atoms with van der Waals surface area (Å²) >= 11 is 6.66. The smallest absolute Gasteiger partial charge is 0.256 e. The summed E-state index contributed by atoms with van der Waals surface area (Å²) in [7, 11) is 0. The monoisotopic (exact) mass is 462 g/mol. The largest absolute Gasteiger partial charge is 0.486 e. The number of carbonyl (C=O) groups is 1. The number of thioether (sulfide) groups is 1. The molecule has 0 unspecified atom stereocenters. The molecule has 1 amide bonds. The van der Waals surface area contributed by atoms with Crippen LogP contribution in [0.4, 0.5) is 5.69 Å².